The third kappa shape index (κ3) is 1.21. The van der Waals surface area contributed by atoms with E-state index in [2.05, 4.69) is 19.1 Å². The van der Waals surface area contributed by atoms with Crippen molar-refractivity contribution in [2.45, 2.75) is 19.8 Å². The fraction of sp³-hybridized carbons (Fsp3) is 0.688. The van der Waals surface area contributed by atoms with Gasteiger partial charge < -0.3 is 5.11 Å². The Labute approximate surface area is 108 Å². The molecule has 4 aliphatic carbocycles. The minimum Gasteiger partial charge on any atom is -0.478 e. The molecule has 2 heteroatoms. The van der Waals surface area contributed by atoms with Gasteiger partial charge in [-0.05, 0) is 60.2 Å². The van der Waals surface area contributed by atoms with Gasteiger partial charge in [-0.15, -0.1) is 0 Å². The molecule has 0 aromatic rings. The highest BCUT2D eigenvalue weighted by Gasteiger charge is 2.62. The summed E-state index contributed by atoms with van der Waals surface area (Å²) in [5.74, 6) is 5.45. The van der Waals surface area contributed by atoms with Crippen molar-refractivity contribution in [2.24, 2.45) is 47.3 Å². The van der Waals surface area contributed by atoms with Gasteiger partial charge in [0.2, 0.25) is 0 Å². The van der Waals surface area contributed by atoms with Gasteiger partial charge in [0.15, 0.2) is 0 Å². The van der Waals surface area contributed by atoms with Gasteiger partial charge in [0.05, 0.1) is 0 Å². The van der Waals surface area contributed by atoms with E-state index < -0.39 is 5.97 Å². The summed E-state index contributed by atoms with van der Waals surface area (Å²) in [6, 6.07) is 0. The molecule has 3 fully saturated rings. The van der Waals surface area contributed by atoms with Crippen molar-refractivity contribution in [1.82, 2.24) is 0 Å². The number of hydrogen-bond donors (Lipinski definition) is 1. The lowest BCUT2D eigenvalue weighted by Gasteiger charge is -2.39. The summed E-state index contributed by atoms with van der Waals surface area (Å²) in [6.07, 6.45) is 11.0. The summed E-state index contributed by atoms with van der Waals surface area (Å²) in [4.78, 5) is 10.7. The average molecular weight is 244 g/mol. The Morgan fingerprint density at radius 1 is 1.17 bits per heavy atom. The third-order valence-electron chi connectivity index (χ3n) is 6.35. The van der Waals surface area contributed by atoms with Gasteiger partial charge in [0, 0.05) is 6.08 Å². The molecule has 96 valence electrons. The number of carboxylic acids is 1. The molecule has 0 saturated heterocycles. The molecule has 18 heavy (non-hydrogen) atoms. The summed E-state index contributed by atoms with van der Waals surface area (Å²) in [5.41, 5.74) is 0. The second kappa shape index (κ2) is 3.49. The topological polar surface area (TPSA) is 37.3 Å². The molecule has 4 rings (SSSR count). The van der Waals surface area contributed by atoms with Gasteiger partial charge in [-0.2, -0.15) is 0 Å². The van der Waals surface area contributed by atoms with Crippen molar-refractivity contribution in [3.05, 3.63) is 24.3 Å². The van der Waals surface area contributed by atoms with Crippen molar-refractivity contribution in [2.75, 3.05) is 0 Å². The quantitative estimate of drug-likeness (QED) is 0.460. The molecule has 0 aromatic heterocycles. The standard InChI is InChI=1S/C16H20O2/c1-8-11(4-5-14(17)18)13-7-12(8)15-9-2-3-10(6-9)16(13)15/h2-5,8-13,15-16H,6-7H2,1H3,(H,17,18)/b5-4+. The van der Waals surface area contributed by atoms with Gasteiger partial charge >= 0.3 is 5.97 Å². The van der Waals surface area contributed by atoms with E-state index in [4.69, 9.17) is 5.11 Å². The van der Waals surface area contributed by atoms with E-state index in [1.807, 2.05) is 6.08 Å². The lowest BCUT2D eigenvalue weighted by atomic mass is 9.65. The van der Waals surface area contributed by atoms with E-state index in [1.54, 1.807) is 0 Å². The zero-order chi connectivity index (χ0) is 12.4. The van der Waals surface area contributed by atoms with Crippen LogP contribution in [0.25, 0.3) is 0 Å². The fourth-order valence-electron chi connectivity index (χ4n) is 5.90. The molecule has 0 amide bonds. The summed E-state index contributed by atoms with van der Waals surface area (Å²) in [6.45, 7) is 2.34. The summed E-state index contributed by atoms with van der Waals surface area (Å²) in [5, 5.41) is 8.82. The van der Waals surface area contributed by atoms with E-state index >= 15 is 0 Å². The highest BCUT2D eigenvalue weighted by Crippen LogP contribution is 2.68. The van der Waals surface area contributed by atoms with Crippen molar-refractivity contribution >= 4 is 5.97 Å². The maximum Gasteiger partial charge on any atom is 0.327 e. The Morgan fingerprint density at radius 2 is 1.83 bits per heavy atom. The van der Waals surface area contributed by atoms with E-state index in [1.165, 1.54) is 18.9 Å². The summed E-state index contributed by atoms with van der Waals surface area (Å²) in [7, 11) is 0. The highest BCUT2D eigenvalue weighted by atomic mass is 16.4. The molecule has 0 aliphatic heterocycles. The number of carbonyl (C=O) groups is 1. The van der Waals surface area contributed by atoms with Crippen molar-refractivity contribution in [3.63, 3.8) is 0 Å². The molecule has 4 aliphatic rings. The SMILES string of the molecule is CC1C(/C=C/C(=O)O)C2CC1C1C3C=CC(C3)C21. The van der Waals surface area contributed by atoms with Crippen LogP contribution in [0.5, 0.6) is 0 Å². The minimum absolute atomic E-state index is 0.514. The van der Waals surface area contributed by atoms with Crippen molar-refractivity contribution in [1.29, 1.82) is 0 Å². The number of fused-ring (bicyclic) bond motifs is 9. The molecule has 0 heterocycles. The lowest BCUT2D eigenvalue weighted by molar-refractivity contribution is -0.131. The first-order chi connectivity index (χ1) is 8.66. The summed E-state index contributed by atoms with van der Waals surface area (Å²) < 4.78 is 0. The zero-order valence-electron chi connectivity index (χ0n) is 10.7. The van der Waals surface area contributed by atoms with Gasteiger partial charge in [0.25, 0.3) is 0 Å². The molecular formula is C16H20O2. The molecular weight excluding hydrogens is 224 g/mol. The monoisotopic (exact) mass is 244 g/mol. The maximum absolute atomic E-state index is 10.7. The van der Waals surface area contributed by atoms with Crippen LogP contribution in [0, 0.1) is 47.3 Å². The van der Waals surface area contributed by atoms with E-state index in [0.29, 0.717) is 11.8 Å². The minimum atomic E-state index is -0.797. The van der Waals surface area contributed by atoms with Crippen molar-refractivity contribution in [3.8, 4) is 0 Å². The van der Waals surface area contributed by atoms with Crippen molar-refractivity contribution < 1.29 is 9.90 Å². The van der Waals surface area contributed by atoms with Crippen LogP contribution in [-0.2, 0) is 4.79 Å². The molecule has 2 nitrogen and oxygen atoms in total. The van der Waals surface area contributed by atoms with Crippen LogP contribution in [0.4, 0.5) is 0 Å². The molecule has 1 N–H and O–H groups in total. The number of allylic oxidation sites excluding steroid dienone is 3. The molecule has 8 atom stereocenters. The van der Waals surface area contributed by atoms with Crippen LogP contribution < -0.4 is 0 Å². The predicted octanol–water partition coefficient (Wildman–Crippen LogP) is 2.97. The van der Waals surface area contributed by atoms with Crippen LogP contribution >= 0.6 is 0 Å². The normalized spacial score (nSPS) is 55.6. The van der Waals surface area contributed by atoms with Crippen LogP contribution in [0.1, 0.15) is 19.8 Å². The number of hydrogen-bond acceptors (Lipinski definition) is 1. The average Bonchev–Trinajstić information content (AvgIpc) is 3.04. The first kappa shape index (κ1) is 10.8. The largest absolute Gasteiger partial charge is 0.478 e. The molecule has 0 aromatic carbocycles. The van der Waals surface area contributed by atoms with Gasteiger partial charge in [-0.25, -0.2) is 4.79 Å². The predicted molar refractivity (Wildman–Crippen MR) is 68.7 cm³/mol. The van der Waals surface area contributed by atoms with E-state index in [0.717, 1.165) is 35.5 Å². The Hall–Kier alpha value is -1.05. The van der Waals surface area contributed by atoms with Gasteiger partial charge in [-0.1, -0.05) is 25.2 Å². The van der Waals surface area contributed by atoms with Gasteiger partial charge in [-0.3, -0.25) is 0 Å². The Balaban J connectivity index is 1.64. The molecule has 4 bridgehead atoms. The Kier molecular flexibility index (Phi) is 2.10. The Morgan fingerprint density at radius 3 is 2.50 bits per heavy atom. The van der Waals surface area contributed by atoms with Crippen LogP contribution in [-0.4, -0.2) is 11.1 Å². The first-order valence-electron chi connectivity index (χ1n) is 7.26. The number of rotatable bonds is 2. The fourth-order valence-corrected chi connectivity index (χ4v) is 5.90. The molecule has 0 radical (unpaired) electrons. The second-order valence-corrected chi connectivity index (χ2v) is 6.80. The number of carboxylic acid groups (broad SMARTS) is 1. The van der Waals surface area contributed by atoms with Gasteiger partial charge in [0.1, 0.15) is 0 Å². The molecule has 8 unspecified atom stereocenters. The zero-order valence-corrected chi connectivity index (χ0v) is 10.7. The maximum atomic E-state index is 10.7. The van der Waals surface area contributed by atoms with E-state index in [9.17, 15) is 4.79 Å². The first-order valence-corrected chi connectivity index (χ1v) is 7.26. The van der Waals surface area contributed by atoms with Crippen LogP contribution in [0.2, 0.25) is 0 Å². The van der Waals surface area contributed by atoms with Crippen LogP contribution in [0.3, 0.4) is 0 Å². The third-order valence-corrected chi connectivity index (χ3v) is 6.35. The Bertz CT molecular complexity index is 450. The lowest BCUT2D eigenvalue weighted by Crippen LogP contribution is -2.35. The molecule has 3 saturated carbocycles. The second-order valence-electron chi connectivity index (χ2n) is 6.80. The van der Waals surface area contributed by atoms with E-state index in [-0.39, 0.29) is 0 Å². The summed E-state index contributed by atoms with van der Waals surface area (Å²) >= 11 is 0. The smallest absolute Gasteiger partial charge is 0.327 e. The molecule has 0 spiro atoms. The van der Waals surface area contributed by atoms with Crippen LogP contribution in [0.15, 0.2) is 24.3 Å². The number of aliphatic carboxylic acids is 1. The highest BCUT2D eigenvalue weighted by molar-refractivity contribution is 5.79.